The van der Waals surface area contributed by atoms with Crippen LogP contribution in [0.3, 0.4) is 0 Å². The van der Waals surface area contributed by atoms with Crippen LogP contribution in [0, 0.1) is 27.7 Å². The second-order valence-corrected chi connectivity index (χ2v) is 8.31. The van der Waals surface area contributed by atoms with Gasteiger partial charge >= 0.3 is 0 Å². The van der Waals surface area contributed by atoms with E-state index in [4.69, 9.17) is 10.1 Å². The van der Waals surface area contributed by atoms with Gasteiger partial charge in [0.15, 0.2) is 5.65 Å². The second-order valence-electron chi connectivity index (χ2n) is 8.31. The molecule has 0 aliphatic rings. The smallest absolute Gasteiger partial charge is 0.179 e. The average Bonchev–Trinajstić information content (AvgIpc) is 3.18. The Kier molecular flexibility index (Phi) is 3.66. The lowest BCUT2D eigenvalue weighted by Gasteiger charge is -2.11. The van der Waals surface area contributed by atoms with Gasteiger partial charge in [0, 0.05) is 34.3 Å². The van der Waals surface area contributed by atoms with E-state index in [1.807, 2.05) is 4.52 Å². The van der Waals surface area contributed by atoms with Gasteiger partial charge in [-0.15, -0.1) is 0 Å². The molecule has 4 heterocycles. The van der Waals surface area contributed by atoms with Crippen LogP contribution in [0.4, 0.5) is 0 Å². The number of fused-ring (bicyclic) bond motifs is 7. The fourth-order valence-corrected chi connectivity index (χ4v) is 4.94. The van der Waals surface area contributed by atoms with Crippen molar-refractivity contribution in [1.29, 1.82) is 0 Å². The van der Waals surface area contributed by atoms with E-state index in [-0.39, 0.29) is 0 Å². The number of hydrogen-bond acceptors (Lipinski definition) is 4. The van der Waals surface area contributed by atoms with Crippen LogP contribution in [0.25, 0.3) is 49.7 Å². The van der Waals surface area contributed by atoms with Crippen LogP contribution in [0.5, 0.6) is 0 Å². The highest BCUT2D eigenvalue weighted by Crippen LogP contribution is 2.35. The summed E-state index contributed by atoms with van der Waals surface area (Å²) in [5, 5.41) is 7.34. The molecule has 5 heteroatoms. The van der Waals surface area contributed by atoms with Crippen molar-refractivity contribution in [1.82, 2.24) is 24.6 Å². The predicted molar refractivity (Wildman–Crippen MR) is 125 cm³/mol. The van der Waals surface area contributed by atoms with Gasteiger partial charge in [-0.25, -0.2) is 14.5 Å². The Morgan fingerprint density at radius 1 is 0.774 bits per heavy atom. The van der Waals surface area contributed by atoms with Crippen LogP contribution < -0.4 is 0 Å². The molecule has 0 N–H and O–H groups in total. The number of hydrogen-bond donors (Lipinski definition) is 0. The minimum atomic E-state index is 0.662. The van der Waals surface area contributed by atoms with Crippen LogP contribution in [-0.2, 0) is 0 Å². The first-order valence-electron chi connectivity index (χ1n) is 10.4. The molecule has 2 aromatic carbocycles. The Morgan fingerprint density at radius 2 is 1.48 bits per heavy atom. The molecule has 0 aliphatic heterocycles. The second kappa shape index (κ2) is 6.32. The normalized spacial score (nSPS) is 11.9. The third-order valence-electron chi connectivity index (χ3n) is 6.14. The van der Waals surface area contributed by atoms with Gasteiger partial charge in [0.1, 0.15) is 5.52 Å². The largest absolute Gasteiger partial charge is 0.251 e. The third-order valence-corrected chi connectivity index (χ3v) is 6.14. The molecule has 0 aliphatic carbocycles. The molecule has 6 aromatic rings. The fraction of sp³-hybridized carbons (Fsp3) is 0.154. The first kappa shape index (κ1) is 18.0. The predicted octanol–water partition coefficient (Wildman–Crippen LogP) is 5.88. The molecule has 0 spiro atoms. The maximum absolute atomic E-state index is 5.11. The van der Waals surface area contributed by atoms with E-state index in [1.54, 1.807) is 12.4 Å². The SMILES string of the molecule is Cc1cc(C)c(-c2cc3c4ccccc4c4nc5nccnc5c(C)c4n3n2)c(C)c1. The molecule has 0 saturated carbocycles. The fourth-order valence-electron chi connectivity index (χ4n) is 4.94. The maximum Gasteiger partial charge on any atom is 0.179 e. The van der Waals surface area contributed by atoms with E-state index >= 15 is 0 Å². The van der Waals surface area contributed by atoms with Gasteiger partial charge in [-0.2, -0.15) is 5.10 Å². The maximum atomic E-state index is 5.11. The summed E-state index contributed by atoms with van der Waals surface area (Å²) >= 11 is 0. The molecule has 0 unspecified atom stereocenters. The number of aromatic nitrogens is 5. The molecule has 0 atom stereocenters. The Morgan fingerprint density at radius 3 is 2.26 bits per heavy atom. The molecular formula is C26H21N5. The Labute approximate surface area is 179 Å². The molecule has 0 bridgehead atoms. The van der Waals surface area contributed by atoms with Crippen molar-refractivity contribution in [3.8, 4) is 11.3 Å². The van der Waals surface area contributed by atoms with E-state index < -0.39 is 0 Å². The molecule has 4 aromatic heterocycles. The molecule has 31 heavy (non-hydrogen) atoms. The lowest BCUT2D eigenvalue weighted by molar-refractivity contribution is 1.00. The zero-order chi connectivity index (χ0) is 21.3. The van der Waals surface area contributed by atoms with Gasteiger partial charge in [0.05, 0.1) is 22.2 Å². The van der Waals surface area contributed by atoms with Gasteiger partial charge in [-0.3, -0.25) is 4.98 Å². The van der Waals surface area contributed by atoms with E-state index in [0.29, 0.717) is 5.65 Å². The van der Waals surface area contributed by atoms with Gasteiger partial charge in [0.25, 0.3) is 0 Å². The van der Waals surface area contributed by atoms with E-state index in [1.165, 1.54) is 22.3 Å². The summed E-state index contributed by atoms with van der Waals surface area (Å²) in [6.45, 7) is 8.53. The molecule has 5 nitrogen and oxygen atoms in total. The van der Waals surface area contributed by atoms with Crippen molar-refractivity contribution in [2.24, 2.45) is 0 Å². The van der Waals surface area contributed by atoms with Gasteiger partial charge in [-0.1, -0.05) is 42.0 Å². The van der Waals surface area contributed by atoms with Crippen LogP contribution in [0.1, 0.15) is 22.3 Å². The van der Waals surface area contributed by atoms with Crippen molar-refractivity contribution in [3.63, 3.8) is 0 Å². The lowest BCUT2D eigenvalue weighted by atomic mass is 9.97. The first-order chi connectivity index (χ1) is 15.0. The molecule has 0 fully saturated rings. The highest BCUT2D eigenvalue weighted by atomic mass is 15.2. The molecular weight excluding hydrogens is 382 g/mol. The van der Waals surface area contributed by atoms with Crippen molar-refractivity contribution in [2.75, 3.05) is 0 Å². The minimum absolute atomic E-state index is 0.662. The minimum Gasteiger partial charge on any atom is -0.251 e. The number of rotatable bonds is 1. The van der Waals surface area contributed by atoms with Crippen LogP contribution in [0.2, 0.25) is 0 Å². The number of benzene rings is 2. The van der Waals surface area contributed by atoms with Crippen LogP contribution in [0.15, 0.2) is 54.9 Å². The number of nitrogens with zero attached hydrogens (tertiary/aromatic N) is 5. The molecule has 6 rings (SSSR count). The van der Waals surface area contributed by atoms with Gasteiger partial charge < -0.3 is 0 Å². The Balaban J connectivity index is 1.84. The molecule has 0 amide bonds. The van der Waals surface area contributed by atoms with E-state index in [2.05, 4.69) is 80.1 Å². The van der Waals surface area contributed by atoms with Crippen molar-refractivity contribution < 1.29 is 0 Å². The quantitative estimate of drug-likeness (QED) is 0.254. The van der Waals surface area contributed by atoms with Crippen LogP contribution in [-0.4, -0.2) is 24.6 Å². The first-order valence-corrected chi connectivity index (χ1v) is 10.4. The van der Waals surface area contributed by atoms with Gasteiger partial charge in [-0.05, 0) is 44.9 Å². The summed E-state index contributed by atoms with van der Waals surface area (Å²) in [5.74, 6) is 0. The highest BCUT2D eigenvalue weighted by Gasteiger charge is 2.19. The molecule has 0 saturated heterocycles. The van der Waals surface area contributed by atoms with Crippen molar-refractivity contribution >= 4 is 38.5 Å². The Hall–Kier alpha value is -3.86. The zero-order valence-electron chi connectivity index (χ0n) is 17.9. The van der Waals surface area contributed by atoms with Gasteiger partial charge in [0.2, 0.25) is 0 Å². The summed E-state index contributed by atoms with van der Waals surface area (Å²) < 4.78 is 2.04. The topological polar surface area (TPSA) is 56.0 Å². The van der Waals surface area contributed by atoms with Crippen LogP contribution >= 0.6 is 0 Å². The van der Waals surface area contributed by atoms with E-state index in [0.717, 1.165) is 44.1 Å². The third kappa shape index (κ3) is 2.49. The molecule has 0 radical (unpaired) electrons. The lowest BCUT2D eigenvalue weighted by Crippen LogP contribution is -2.00. The summed E-state index contributed by atoms with van der Waals surface area (Å²) in [6.07, 6.45) is 3.41. The Bertz CT molecular complexity index is 1650. The van der Waals surface area contributed by atoms with Crippen molar-refractivity contribution in [2.45, 2.75) is 27.7 Å². The summed E-state index contributed by atoms with van der Waals surface area (Å²) in [6, 6.07) is 15.0. The summed E-state index contributed by atoms with van der Waals surface area (Å²) in [4.78, 5) is 13.9. The number of pyridine rings is 2. The standard InChI is InChI=1S/C26H21N5/c1-14-11-15(2)22(16(3)12-14)20-13-21-18-7-5-6-8-19(18)24-25(31(21)30-20)17(4)23-26(29-24)28-10-9-27-23/h5-13H,1-4H3. The zero-order valence-corrected chi connectivity index (χ0v) is 17.9. The van der Waals surface area contributed by atoms with Crippen molar-refractivity contribution in [3.05, 3.63) is 77.1 Å². The average molecular weight is 403 g/mol. The summed E-state index contributed by atoms with van der Waals surface area (Å²) in [7, 11) is 0. The van der Waals surface area contributed by atoms with E-state index in [9.17, 15) is 0 Å². The number of aryl methyl sites for hydroxylation is 4. The highest BCUT2D eigenvalue weighted by molar-refractivity contribution is 6.13. The monoisotopic (exact) mass is 403 g/mol. The molecule has 150 valence electrons. The summed E-state index contributed by atoms with van der Waals surface area (Å²) in [5.41, 5.74) is 11.4.